The van der Waals surface area contributed by atoms with Gasteiger partial charge in [-0.15, -0.1) is 0 Å². The van der Waals surface area contributed by atoms with Crippen LogP contribution < -0.4 is 5.32 Å². The standard InChI is InChI=1S/C10H19NO3/c1-5-6-11-8(12)7-14-9(13)10(2,3)4/h5-7H2,1-4H3,(H,11,12). The van der Waals surface area contributed by atoms with Crippen molar-refractivity contribution in [3.05, 3.63) is 0 Å². The van der Waals surface area contributed by atoms with Gasteiger partial charge in [-0.2, -0.15) is 0 Å². The molecule has 4 heteroatoms. The van der Waals surface area contributed by atoms with E-state index in [-0.39, 0.29) is 18.5 Å². The number of esters is 1. The van der Waals surface area contributed by atoms with Gasteiger partial charge in [-0.1, -0.05) is 6.92 Å². The maximum absolute atomic E-state index is 11.2. The molecule has 0 heterocycles. The molecule has 4 nitrogen and oxygen atoms in total. The molecule has 14 heavy (non-hydrogen) atoms. The van der Waals surface area contributed by atoms with E-state index in [1.54, 1.807) is 20.8 Å². The quantitative estimate of drug-likeness (QED) is 0.693. The normalized spacial score (nSPS) is 10.9. The highest BCUT2D eigenvalue weighted by Gasteiger charge is 2.23. The molecule has 0 bridgehead atoms. The highest BCUT2D eigenvalue weighted by atomic mass is 16.5. The van der Waals surface area contributed by atoms with Gasteiger partial charge >= 0.3 is 5.97 Å². The highest BCUT2D eigenvalue weighted by molar-refractivity contribution is 5.82. The third-order valence-corrected chi connectivity index (χ3v) is 1.52. The molecule has 0 aromatic rings. The molecule has 0 fully saturated rings. The minimum atomic E-state index is -0.551. The van der Waals surface area contributed by atoms with Gasteiger partial charge in [0.1, 0.15) is 0 Å². The average molecular weight is 201 g/mol. The molecule has 0 radical (unpaired) electrons. The molecular formula is C10H19NO3. The van der Waals surface area contributed by atoms with Gasteiger partial charge in [-0.05, 0) is 27.2 Å². The molecule has 0 rings (SSSR count). The van der Waals surface area contributed by atoms with Gasteiger partial charge in [0.05, 0.1) is 5.41 Å². The largest absolute Gasteiger partial charge is 0.455 e. The number of carbonyl (C=O) groups excluding carboxylic acids is 2. The summed E-state index contributed by atoms with van der Waals surface area (Å²) in [6.07, 6.45) is 0.874. The number of ether oxygens (including phenoxy) is 1. The number of hydrogen-bond donors (Lipinski definition) is 1. The monoisotopic (exact) mass is 201 g/mol. The minimum absolute atomic E-state index is 0.184. The molecule has 1 N–H and O–H groups in total. The van der Waals surface area contributed by atoms with Crippen LogP contribution in [-0.2, 0) is 14.3 Å². The summed E-state index contributed by atoms with van der Waals surface area (Å²) in [4.78, 5) is 22.3. The Hall–Kier alpha value is -1.06. The Morgan fingerprint density at radius 1 is 1.29 bits per heavy atom. The van der Waals surface area contributed by atoms with Crippen molar-refractivity contribution in [3.8, 4) is 0 Å². The smallest absolute Gasteiger partial charge is 0.311 e. The first kappa shape index (κ1) is 12.9. The molecule has 0 aliphatic heterocycles. The van der Waals surface area contributed by atoms with E-state index in [0.29, 0.717) is 6.54 Å². The number of nitrogens with one attached hydrogen (secondary N) is 1. The van der Waals surface area contributed by atoms with E-state index in [2.05, 4.69) is 5.32 Å². The second-order valence-electron chi connectivity index (χ2n) is 4.18. The van der Waals surface area contributed by atoms with Crippen LogP contribution in [0.25, 0.3) is 0 Å². The molecule has 1 amide bonds. The molecule has 82 valence electrons. The molecule has 0 aliphatic carbocycles. The fourth-order valence-corrected chi connectivity index (χ4v) is 0.663. The Morgan fingerprint density at radius 2 is 1.86 bits per heavy atom. The molecule has 0 aromatic heterocycles. The molecule has 0 aromatic carbocycles. The summed E-state index contributed by atoms with van der Waals surface area (Å²) in [5.74, 6) is -0.603. The van der Waals surface area contributed by atoms with Gasteiger partial charge in [0.2, 0.25) is 0 Å². The van der Waals surface area contributed by atoms with Crippen LogP contribution in [0.1, 0.15) is 34.1 Å². The molecular weight excluding hydrogens is 182 g/mol. The second-order valence-corrected chi connectivity index (χ2v) is 4.18. The summed E-state index contributed by atoms with van der Waals surface area (Å²) in [5, 5.41) is 2.62. The predicted octanol–water partition coefficient (Wildman–Crippen LogP) is 1.10. The minimum Gasteiger partial charge on any atom is -0.455 e. The van der Waals surface area contributed by atoms with Gasteiger partial charge in [0.15, 0.2) is 6.61 Å². The highest BCUT2D eigenvalue weighted by Crippen LogP contribution is 2.14. The zero-order valence-corrected chi connectivity index (χ0v) is 9.35. The van der Waals surface area contributed by atoms with Crippen molar-refractivity contribution in [2.45, 2.75) is 34.1 Å². The van der Waals surface area contributed by atoms with Crippen LogP contribution >= 0.6 is 0 Å². The van der Waals surface area contributed by atoms with Crippen LogP contribution in [0.15, 0.2) is 0 Å². The lowest BCUT2D eigenvalue weighted by atomic mass is 9.97. The molecule has 0 saturated heterocycles. The summed E-state index contributed by atoms with van der Waals surface area (Å²) in [6, 6.07) is 0. The Bertz CT molecular complexity index is 206. The van der Waals surface area contributed by atoms with Crippen LogP contribution in [0.5, 0.6) is 0 Å². The summed E-state index contributed by atoms with van der Waals surface area (Å²) in [5.41, 5.74) is -0.551. The van der Waals surface area contributed by atoms with E-state index in [0.717, 1.165) is 6.42 Å². The summed E-state index contributed by atoms with van der Waals surface area (Å²) in [6.45, 7) is 7.64. The van der Waals surface area contributed by atoms with Crippen LogP contribution in [0.3, 0.4) is 0 Å². The average Bonchev–Trinajstić information content (AvgIpc) is 2.09. The van der Waals surface area contributed by atoms with Gasteiger partial charge in [0.25, 0.3) is 5.91 Å². The van der Waals surface area contributed by atoms with Gasteiger partial charge < -0.3 is 10.1 Å². The number of amides is 1. The topological polar surface area (TPSA) is 55.4 Å². The molecule has 0 saturated carbocycles. The second kappa shape index (κ2) is 5.62. The molecule has 0 aliphatic rings. The first-order chi connectivity index (χ1) is 6.38. The van der Waals surface area contributed by atoms with Crippen molar-refractivity contribution in [2.24, 2.45) is 5.41 Å². The molecule has 0 spiro atoms. The van der Waals surface area contributed by atoms with Gasteiger partial charge in [-0.3, -0.25) is 9.59 Å². The fourth-order valence-electron chi connectivity index (χ4n) is 0.663. The van der Waals surface area contributed by atoms with Crippen molar-refractivity contribution in [1.29, 1.82) is 0 Å². The van der Waals surface area contributed by atoms with E-state index < -0.39 is 5.41 Å². The summed E-state index contributed by atoms with van der Waals surface area (Å²) in [7, 11) is 0. The van der Waals surface area contributed by atoms with Crippen molar-refractivity contribution in [1.82, 2.24) is 5.32 Å². The lowest BCUT2D eigenvalue weighted by Gasteiger charge is -2.16. The number of carbonyl (C=O) groups is 2. The SMILES string of the molecule is CCCNC(=O)COC(=O)C(C)(C)C. The third-order valence-electron chi connectivity index (χ3n) is 1.52. The van der Waals surface area contributed by atoms with Gasteiger partial charge in [-0.25, -0.2) is 0 Å². The van der Waals surface area contributed by atoms with E-state index in [9.17, 15) is 9.59 Å². The fraction of sp³-hybridized carbons (Fsp3) is 0.800. The van der Waals surface area contributed by atoms with Crippen molar-refractivity contribution >= 4 is 11.9 Å². The van der Waals surface area contributed by atoms with Crippen LogP contribution in [0, 0.1) is 5.41 Å². The van der Waals surface area contributed by atoms with E-state index in [1.807, 2.05) is 6.92 Å². The zero-order chi connectivity index (χ0) is 11.2. The van der Waals surface area contributed by atoms with E-state index >= 15 is 0 Å². The zero-order valence-electron chi connectivity index (χ0n) is 9.35. The van der Waals surface area contributed by atoms with E-state index in [4.69, 9.17) is 4.74 Å². The molecule has 0 atom stereocenters. The predicted molar refractivity (Wildman–Crippen MR) is 53.7 cm³/mol. The lowest BCUT2D eigenvalue weighted by Crippen LogP contribution is -2.32. The maximum Gasteiger partial charge on any atom is 0.311 e. The Morgan fingerprint density at radius 3 is 2.29 bits per heavy atom. The Balaban J connectivity index is 3.73. The first-order valence-electron chi connectivity index (χ1n) is 4.82. The Labute approximate surface area is 85.0 Å². The Kier molecular flexibility index (Phi) is 5.20. The maximum atomic E-state index is 11.2. The summed E-state index contributed by atoms with van der Waals surface area (Å²) >= 11 is 0. The molecule has 0 unspecified atom stereocenters. The van der Waals surface area contributed by atoms with Crippen molar-refractivity contribution in [2.75, 3.05) is 13.2 Å². The summed E-state index contributed by atoms with van der Waals surface area (Å²) < 4.78 is 4.81. The lowest BCUT2D eigenvalue weighted by molar-refractivity contribution is -0.156. The third kappa shape index (κ3) is 5.56. The van der Waals surface area contributed by atoms with Crippen LogP contribution in [0.4, 0.5) is 0 Å². The van der Waals surface area contributed by atoms with Crippen LogP contribution in [-0.4, -0.2) is 25.0 Å². The number of hydrogen-bond acceptors (Lipinski definition) is 3. The first-order valence-corrected chi connectivity index (χ1v) is 4.82. The van der Waals surface area contributed by atoms with Crippen LogP contribution in [0.2, 0.25) is 0 Å². The van der Waals surface area contributed by atoms with Crippen molar-refractivity contribution in [3.63, 3.8) is 0 Å². The van der Waals surface area contributed by atoms with Gasteiger partial charge in [0, 0.05) is 6.54 Å². The van der Waals surface area contributed by atoms with Crippen molar-refractivity contribution < 1.29 is 14.3 Å². The number of rotatable bonds is 4. The van der Waals surface area contributed by atoms with E-state index in [1.165, 1.54) is 0 Å².